The fourth-order valence-corrected chi connectivity index (χ4v) is 4.13. The summed E-state index contributed by atoms with van der Waals surface area (Å²) in [5, 5.41) is 2.02. The van der Waals surface area contributed by atoms with Crippen LogP contribution in [-0.2, 0) is 22.7 Å². The van der Waals surface area contributed by atoms with Gasteiger partial charge in [-0.2, -0.15) is 0 Å². The molecular formula is C24H33FN2O2S. The number of rotatable bonds is 10. The van der Waals surface area contributed by atoms with Crippen molar-refractivity contribution in [2.75, 3.05) is 6.54 Å². The Kier molecular flexibility index (Phi) is 9.03. The van der Waals surface area contributed by atoms with Gasteiger partial charge in [-0.15, -0.1) is 11.3 Å². The summed E-state index contributed by atoms with van der Waals surface area (Å²) in [6.07, 6.45) is 1.22. The molecule has 2 aromatic rings. The largest absolute Gasteiger partial charge is 0.332 e. The second-order valence-corrected chi connectivity index (χ2v) is 9.28. The monoisotopic (exact) mass is 432 g/mol. The van der Waals surface area contributed by atoms with Crippen molar-refractivity contribution in [1.82, 2.24) is 9.80 Å². The summed E-state index contributed by atoms with van der Waals surface area (Å²) in [5.41, 5.74) is 2.01. The van der Waals surface area contributed by atoms with Crippen molar-refractivity contribution in [1.29, 1.82) is 0 Å². The Morgan fingerprint density at radius 2 is 1.70 bits per heavy atom. The molecule has 1 unspecified atom stereocenters. The van der Waals surface area contributed by atoms with Gasteiger partial charge in [-0.3, -0.25) is 9.59 Å². The average molecular weight is 433 g/mol. The zero-order valence-electron chi connectivity index (χ0n) is 18.7. The van der Waals surface area contributed by atoms with Gasteiger partial charge in [0.25, 0.3) is 0 Å². The second kappa shape index (κ2) is 11.3. The van der Waals surface area contributed by atoms with Crippen molar-refractivity contribution in [2.24, 2.45) is 5.92 Å². The number of halogens is 1. The van der Waals surface area contributed by atoms with Gasteiger partial charge in [-0.25, -0.2) is 4.39 Å². The molecule has 0 saturated heterocycles. The van der Waals surface area contributed by atoms with Gasteiger partial charge in [0, 0.05) is 23.9 Å². The SMILES string of the molecule is CCC(C)N(CC(=O)N(Cc1ccc(F)cc1)Cc1sccc1C)C(=O)CC(C)C. The van der Waals surface area contributed by atoms with Gasteiger partial charge >= 0.3 is 0 Å². The number of nitrogens with zero attached hydrogens (tertiary/aromatic N) is 2. The molecule has 1 aromatic heterocycles. The van der Waals surface area contributed by atoms with Crippen LogP contribution in [0.15, 0.2) is 35.7 Å². The van der Waals surface area contributed by atoms with Gasteiger partial charge < -0.3 is 9.80 Å². The number of carbonyl (C=O) groups excluding carboxylic acids is 2. The third-order valence-corrected chi connectivity index (χ3v) is 6.28. The molecule has 6 heteroatoms. The van der Waals surface area contributed by atoms with Gasteiger partial charge in [0.05, 0.1) is 6.54 Å². The molecule has 4 nitrogen and oxygen atoms in total. The van der Waals surface area contributed by atoms with Crippen molar-refractivity contribution in [2.45, 2.75) is 66.6 Å². The minimum absolute atomic E-state index is 0.00338. The third-order valence-electron chi connectivity index (χ3n) is 5.27. The van der Waals surface area contributed by atoms with E-state index in [1.165, 1.54) is 12.1 Å². The Balaban J connectivity index is 2.23. The number of thiophene rings is 1. The molecule has 2 amide bonds. The van der Waals surface area contributed by atoms with Crippen LogP contribution < -0.4 is 0 Å². The summed E-state index contributed by atoms with van der Waals surface area (Å²) < 4.78 is 13.3. The molecule has 0 spiro atoms. The van der Waals surface area contributed by atoms with Crippen molar-refractivity contribution >= 4 is 23.2 Å². The summed E-state index contributed by atoms with van der Waals surface area (Å²) in [6, 6.07) is 8.26. The zero-order valence-corrected chi connectivity index (χ0v) is 19.5. The molecule has 1 atom stereocenters. The standard InChI is InChI=1S/C24H33FN2O2S/c1-6-19(5)27(23(28)13-17(2)3)16-24(29)26(15-22-18(4)11-12-30-22)14-20-7-9-21(25)10-8-20/h7-12,17,19H,6,13-16H2,1-5H3. The van der Waals surface area contributed by atoms with E-state index in [9.17, 15) is 14.0 Å². The van der Waals surface area contributed by atoms with E-state index in [1.807, 2.05) is 46.1 Å². The van der Waals surface area contributed by atoms with E-state index in [2.05, 4.69) is 0 Å². The van der Waals surface area contributed by atoms with E-state index in [0.717, 1.165) is 22.4 Å². The Morgan fingerprint density at radius 3 is 2.23 bits per heavy atom. The minimum atomic E-state index is -0.298. The lowest BCUT2D eigenvalue weighted by Crippen LogP contribution is -2.46. The quantitative estimate of drug-likeness (QED) is 0.504. The highest BCUT2D eigenvalue weighted by Crippen LogP contribution is 2.20. The first-order chi connectivity index (χ1) is 14.2. The number of aryl methyl sites for hydroxylation is 1. The van der Waals surface area contributed by atoms with Crippen molar-refractivity contribution in [3.63, 3.8) is 0 Å². The summed E-state index contributed by atoms with van der Waals surface area (Å²) >= 11 is 1.62. The summed E-state index contributed by atoms with van der Waals surface area (Å²) in [7, 11) is 0. The Bertz CT molecular complexity index is 832. The van der Waals surface area contributed by atoms with E-state index < -0.39 is 0 Å². The molecule has 164 valence electrons. The van der Waals surface area contributed by atoms with E-state index in [0.29, 0.717) is 19.5 Å². The molecule has 0 saturated carbocycles. The van der Waals surface area contributed by atoms with E-state index in [1.54, 1.807) is 33.3 Å². The lowest BCUT2D eigenvalue weighted by Gasteiger charge is -2.32. The Morgan fingerprint density at radius 1 is 1.03 bits per heavy atom. The molecule has 0 N–H and O–H groups in total. The van der Waals surface area contributed by atoms with Crippen molar-refractivity contribution in [3.8, 4) is 0 Å². The molecule has 1 aromatic carbocycles. The summed E-state index contributed by atoms with van der Waals surface area (Å²) in [5.74, 6) is -0.137. The molecule has 30 heavy (non-hydrogen) atoms. The first-order valence-electron chi connectivity index (χ1n) is 10.6. The van der Waals surface area contributed by atoms with Gasteiger partial charge in [0.2, 0.25) is 11.8 Å². The molecule has 0 aliphatic heterocycles. The van der Waals surface area contributed by atoms with Crippen LogP contribution in [0.4, 0.5) is 4.39 Å². The molecule has 0 aliphatic carbocycles. The maximum Gasteiger partial charge on any atom is 0.242 e. The molecule has 0 bridgehead atoms. The molecular weight excluding hydrogens is 399 g/mol. The van der Waals surface area contributed by atoms with Crippen LogP contribution in [0.3, 0.4) is 0 Å². The van der Waals surface area contributed by atoms with Crippen molar-refractivity contribution in [3.05, 3.63) is 57.5 Å². The van der Waals surface area contributed by atoms with Crippen LogP contribution in [0.5, 0.6) is 0 Å². The van der Waals surface area contributed by atoms with Gasteiger partial charge in [0.1, 0.15) is 12.4 Å². The lowest BCUT2D eigenvalue weighted by molar-refractivity contribution is -0.143. The Hall–Kier alpha value is -2.21. The summed E-state index contributed by atoms with van der Waals surface area (Å²) in [6.45, 7) is 11.0. The van der Waals surface area contributed by atoms with Crippen molar-refractivity contribution < 1.29 is 14.0 Å². The van der Waals surface area contributed by atoms with Crippen LogP contribution >= 0.6 is 11.3 Å². The van der Waals surface area contributed by atoms with E-state index >= 15 is 0 Å². The first kappa shape index (κ1) is 24.1. The lowest BCUT2D eigenvalue weighted by atomic mass is 10.1. The number of hydrogen-bond donors (Lipinski definition) is 0. The highest BCUT2D eigenvalue weighted by atomic mass is 32.1. The van der Waals surface area contributed by atoms with Crippen LogP contribution in [0.1, 0.15) is 56.5 Å². The molecule has 0 aliphatic rings. The molecule has 0 fully saturated rings. The fraction of sp³-hybridized carbons (Fsp3) is 0.500. The fourth-order valence-electron chi connectivity index (χ4n) is 3.20. The maximum atomic E-state index is 13.3. The topological polar surface area (TPSA) is 40.6 Å². The smallest absolute Gasteiger partial charge is 0.242 e. The molecule has 1 heterocycles. The molecule has 0 radical (unpaired) electrons. The molecule has 2 rings (SSSR count). The van der Waals surface area contributed by atoms with E-state index in [-0.39, 0.29) is 36.1 Å². The van der Waals surface area contributed by atoms with Crippen LogP contribution in [0.25, 0.3) is 0 Å². The van der Waals surface area contributed by atoms with Crippen LogP contribution in [0, 0.1) is 18.7 Å². The Labute approximate surface area is 183 Å². The second-order valence-electron chi connectivity index (χ2n) is 8.28. The van der Waals surface area contributed by atoms with Gasteiger partial charge in [-0.05, 0) is 60.9 Å². The van der Waals surface area contributed by atoms with E-state index in [4.69, 9.17) is 0 Å². The zero-order chi connectivity index (χ0) is 22.3. The average Bonchev–Trinajstić information content (AvgIpc) is 3.10. The predicted molar refractivity (Wildman–Crippen MR) is 121 cm³/mol. The highest BCUT2D eigenvalue weighted by Gasteiger charge is 2.25. The van der Waals surface area contributed by atoms with Crippen LogP contribution in [0.2, 0.25) is 0 Å². The highest BCUT2D eigenvalue weighted by molar-refractivity contribution is 7.10. The van der Waals surface area contributed by atoms with Crippen LogP contribution in [-0.4, -0.2) is 34.2 Å². The third kappa shape index (κ3) is 6.94. The number of hydrogen-bond acceptors (Lipinski definition) is 3. The predicted octanol–water partition coefficient (Wildman–Crippen LogP) is 5.40. The number of carbonyl (C=O) groups is 2. The number of amides is 2. The van der Waals surface area contributed by atoms with Gasteiger partial charge in [0.15, 0.2) is 0 Å². The maximum absolute atomic E-state index is 13.3. The number of benzene rings is 1. The summed E-state index contributed by atoms with van der Waals surface area (Å²) in [4.78, 5) is 30.7. The first-order valence-corrected chi connectivity index (χ1v) is 11.4. The normalized spacial score (nSPS) is 12.1. The minimum Gasteiger partial charge on any atom is -0.332 e. The van der Waals surface area contributed by atoms with Gasteiger partial charge in [-0.1, -0.05) is 32.9 Å².